The quantitative estimate of drug-likeness (QED) is 0.313. The number of aromatic amines is 1. The van der Waals surface area contributed by atoms with Crippen molar-refractivity contribution < 1.29 is 18.7 Å². The summed E-state index contributed by atoms with van der Waals surface area (Å²) in [7, 11) is 0. The highest BCUT2D eigenvalue weighted by atomic mass is 19.1. The maximum Gasteiger partial charge on any atom is 0.340 e. The summed E-state index contributed by atoms with van der Waals surface area (Å²) in [6.07, 6.45) is 1.61. The molecule has 1 saturated heterocycles. The van der Waals surface area contributed by atoms with Gasteiger partial charge in [0.2, 0.25) is 5.95 Å². The van der Waals surface area contributed by atoms with Crippen molar-refractivity contribution in [2.24, 2.45) is 0 Å². The Labute approximate surface area is 216 Å². The fourth-order valence-corrected chi connectivity index (χ4v) is 4.44. The van der Waals surface area contributed by atoms with Crippen LogP contribution >= 0.6 is 0 Å². The van der Waals surface area contributed by atoms with E-state index in [1.165, 1.54) is 12.1 Å². The Kier molecular flexibility index (Phi) is 6.30. The Balaban J connectivity index is 1.36. The van der Waals surface area contributed by atoms with E-state index in [4.69, 9.17) is 19.4 Å². The van der Waals surface area contributed by atoms with Gasteiger partial charge in [-0.25, -0.2) is 19.2 Å². The van der Waals surface area contributed by atoms with Crippen molar-refractivity contribution in [2.75, 3.05) is 43.1 Å². The van der Waals surface area contributed by atoms with Gasteiger partial charge in [-0.05, 0) is 37.3 Å². The van der Waals surface area contributed by atoms with E-state index in [1.54, 1.807) is 42.1 Å². The molecule has 1 aliphatic heterocycles. The number of nitrogens with one attached hydrogen (secondary N) is 2. The number of carbonyl (C=O) groups excluding carboxylic acids is 1. The normalized spacial score (nSPS) is 13.8. The van der Waals surface area contributed by atoms with Crippen LogP contribution < -0.4 is 10.2 Å². The lowest BCUT2D eigenvalue weighted by Crippen LogP contribution is -2.37. The van der Waals surface area contributed by atoms with Crippen LogP contribution in [0.5, 0.6) is 0 Å². The second-order valence-corrected chi connectivity index (χ2v) is 8.70. The van der Waals surface area contributed by atoms with Crippen molar-refractivity contribution in [3.63, 3.8) is 0 Å². The number of aromatic nitrogens is 6. The Morgan fingerprint density at radius 2 is 1.97 bits per heavy atom. The number of fused-ring (bicyclic) bond motifs is 2. The molecule has 194 valence electrons. The van der Waals surface area contributed by atoms with Crippen LogP contribution in [0.4, 0.5) is 16.2 Å². The lowest BCUT2D eigenvalue weighted by Gasteiger charge is -2.27. The van der Waals surface area contributed by atoms with E-state index in [1.807, 2.05) is 11.0 Å². The van der Waals surface area contributed by atoms with Gasteiger partial charge in [-0.15, -0.1) is 0 Å². The van der Waals surface area contributed by atoms with Gasteiger partial charge in [-0.1, -0.05) is 12.1 Å². The Bertz CT molecular complexity index is 1630. The van der Waals surface area contributed by atoms with Gasteiger partial charge in [0.25, 0.3) is 0 Å². The first-order chi connectivity index (χ1) is 18.6. The molecule has 4 heterocycles. The van der Waals surface area contributed by atoms with Crippen LogP contribution in [0.1, 0.15) is 23.1 Å². The van der Waals surface area contributed by atoms with Gasteiger partial charge >= 0.3 is 5.97 Å². The number of para-hydroxylation sites is 1. The van der Waals surface area contributed by atoms with Crippen LogP contribution in [0.3, 0.4) is 0 Å². The van der Waals surface area contributed by atoms with E-state index in [9.17, 15) is 9.18 Å². The molecule has 0 radical (unpaired) electrons. The summed E-state index contributed by atoms with van der Waals surface area (Å²) in [6.45, 7) is 4.80. The van der Waals surface area contributed by atoms with Gasteiger partial charge in [0.05, 0.1) is 43.1 Å². The monoisotopic (exact) mass is 516 g/mol. The molecule has 11 nitrogen and oxygen atoms in total. The van der Waals surface area contributed by atoms with Crippen molar-refractivity contribution in [2.45, 2.75) is 13.5 Å². The predicted molar refractivity (Wildman–Crippen MR) is 139 cm³/mol. The number of hydrogen-bond donors (Lipinski definition) is 2. The molecule has 1 aliphatic rings. The van der Waals surface area contributed by atoms with Crippen LogP contribution in [0.2, 0.25) is 0 Å². The van der Waals surface area contributed by atoms with Crippen molar-refractivity contribution in [3.05, 3.63) is 66.0 Å². The standard InChI is InChI=1S/C26H25FN8O3/c1-2-38-25(36)18-7-4-8-19-21(18)31-20(30-19)14-28-23-22-24(33-26(32-23)34-9-11-37-12-10-34)35(15-29-22)17-6-3-5-16(27)13-17/h3-8,13,15H,2,9-12,14H2,1H3,(H,30,31)(H,28,32,33). The van der Waals surface area contributed by atoms with Crippen LogP contribution in [-0.4, -0.2) is 68.4 Å². The van der Waals surface area contributed by atoms with Crippen molar-refractivity contribution in [1.82, 2.24) is 29.5 Å². The summed E-state index contributed by atoms with van der Waals surface area (Å²) in [4.78, 5) is 36.4. The van der Waals surface area contributed by atoms with Crippen molar-refractivity contribution in [3.8, 4) is 5.69 Å². The summed E-state index contributed by atoms with van der Waals surface area (Å²) in [6, 6.07) is 11.6. The predicted octanol–water partition coefficient (Wildman–Crippen LogP) is 3.46. The highest BCUT2D eigenvalue weighted by Gasteiger charge is 2.21. The molecule has 0 bridgehead atoms. The molecule has 0 unspecified atom stereocenters. The van der Waals surface area contributed by atoms with Gasteiger partial charge in [-0.3, -0.25) is 4.57 Å². The number of imidazole rings is 2. The second-order valence-electron chi connectivity index (χ2n) is 8.70. The van der Waals surface area contributed by atoms with Crippen LogP contribution in [-0.2, 0) is 16.0 Å². The Hall–Kier alpha value is -4.58. The van der Waals surface area contributed by atoms with Crippen LogP contribution in [0.15, 0.2) is 48.8 Å². The van der Waals surface area contributed by atoms with Gasteiger partial charge < -0.3 is 24.7 Å². The number of benzene rings is 2. The van der Waals surface area contributed by atoms with E-state index in [-0.39, 0.29) is 12.4 Å². The molecule has 2 N–H and O–H groups in total. The molecule has 6 rings (SSSR count). The van der Waals surface area contributed by atoms with E-state index >= 15 is 0 Å². The first-order valence-corrected chi connectivity index (χ1v) is 12.3. The van der Waals surface area contributed by atoms with E-state index in [2.05, 4.69) is 20.3 Å². The average Bonchev–Trinajstić information content (AvgIpc) is 3.56. The first kappa shape index (κ1) is 23.8. The lowest BCUT2D eigenvalue weighted by molar-refractivity contribution is 0.0528. The molecular weight excluding hydrogens is 491 g/mol. The van der Waals surface area contributed by atoms with E-state index in [0.717, 1.165) is 5.52 Å². The van der Waals surface area contributed by atoms with Gasteiger partial charge in [0.1, 0.15) is 23.5 Å². The number of nitrogens with zero attached hydrogens (tertiary/aromatic N) is 6. The zero-order valence-electron chi connectivity index (χ0n) is 20.6. The highest BCUT2D eigenvalue weighted by molar-refractivity contribution is 6.02. The number of H-pyrrole nitrogens is 1. The molecule has 38 heavy (non-hydrogen) atoms. The third kappa shape index (κ3) is 4.50. The Morgan fingerprint density at radius 1 is 1.13 bits per heavy atom. The maximum absolute atomic E-state index is 14.0. The number of morpholine rings is 1. The van der Waals surface area contributed by atoms with Crippen LogP contribution in [0.25, 0.3) is 27.9 Å². The molecule has 0 spiro atoms. The molecule has 0 aliphatic carbocycles. The molecule has 0 saturated carbocycles. The summed E-state index contributed by atoms with van der Waals surface area (Å²) in [5.41, 5.74) is 3.36. The number of ether oxygens (including phenoxy) is 2. The van der Waals surface area contributed by atoms with Gasteiger partial charge in [0, 0.05) is 13.1 Å². The lowest BCUT2D eigenvalue weighted by atomic mass is 10.2. The largest absolute Gasteiger partial charge is 0.462 e. The molecule has 12 heteroatoms. The molecule has 0 amide bonds. The number of halogens is 1. The van der Waals surface area contributed by atoms with Gasteiger partial charge in [0.15, 0.2) is 17.0 Å². The number of anilines is 2. The fraction of sp³-hybridized carbons (Fsp3) is 0.269. The molecule has 5 aromatic rings. The zero-order chi connectivity index (χ0) is 26.1. The number of carbonyl (C=O) groups is 1. The topological polar surface area (TPSA) is 123 Å². The summed E-state index contributed by atoms with van der Waals surface area (Å²) in [5, 5.41) is 3.33. The van der Waals surface area contributed by atoms with Crippen LogP contribution in [0, 0.1) is 5.82 Å². The van der Waals surface area contributed by atoms with E-state index < -0.39 is 5.97 Å². The zero-order valence-corrected chi connectivity index (χ0v) is 20.6. The molecular formula is C26H25FN8O3. The van der Waals surface area contributed by atoms with Crippen molar-refractivity contribution >= 4 is 39.9 Å². The third-order valence-electron chi connectivity index (χ3n) is 6.24. The SMILES string of the molecule is CCOC(=O)c1cccc2[nH]c(CNc3nc(N4CCOCC4)nc4c3ncn4-c3cccc(F)c3)nc12. The number of esters is 1. The maximum atomic E-state index is 14.0. The van der Waals surface area contributed by atoms with E-state index in [0.29, 0.717) is 78.4 Å². The smallest absolute Gasteiger partial charge is 0.340 e. The molecule has 1 fully saturated rings. The van der Waals surface area contributed by atoms with Crippen molar-refractivity contribution in [1.29, 1.82) is 0 Å². The number of rotatable bonds is 7. The summed E-state index contributed by atoms with van der Waals surface area (Å²) < 4.78 is 26.4. The highest BCUT2D eigenvalue weighted by Crippen LogP contribution is 2.26. The average molecular weight is 517 g/mol. The van der Waals surface area contributed by atoms with Gasteiger partial charge in [-0.2, -0.15) is 9.97 Å². The fourth-order valence-electron chi connectivity index (χ4n) is 4.44. The molecule has 2 aromatic carbocycles. The summed E-state index contributed by atoms with van der Waals surface area (Å²) in [5.74, 6) is 0.881. The Morgan fingerprint density at radius 3 is 2.79 bits per heavy atom. The number of hydrogen-bond acceptors (Lipinski definition) is 9. The minimum Gasteiger partial charge on any atom is -0.462 e. The minimum atomic E-state index is -0.417. The molecule has 0 atom stereocenters. The molecule has 3 aromatic heterocycles. The summed E-state index contributed by atoms with van der Waals surface area (Å²) >= 11 is 0. The second kappa shape index (κ2) is 10.1. The minimum absolute atomic E-state index is 0.283. The first-order valence-electron chi connectivity index (χ1n) is 12.3. The third-order valence-corrected chi connectivity index (χ3v) is 6.24.